The molecule has 92 valence electrons. The van der Waals surface area contributed by atoms with Crippen molar-refractivity contribution in [3.8, 4) is 0 Å². The van der Waals surface area contributed by atoms with Crippen LogP contribution < -0.4 is 5.73 Å². The quantitative estimate of drug-likeness (QED) is 0.871. The maximum atomic E-state index is 12.4. The highest BCUT2D eigenvalue weighted by Gasteiger charge is 2.34. The van der Waals surface area contributed by atoms with Gasteiger partial charge in [0.25, 0.3) is 0 Å². The Balaban J connectivity index is 3.00. The number of aromatic nitrogens is 2. The first-order valence-corrected chi connectivity index (χ1v) is 5.23. The maximum absolute atomic E-state index is 12.4. The third-order valence-corrected chi connectivity index (χ3v) is 2.53. The molecule has 0 saturated carbocycles. The molecule has 2 N–H and O–H groups in total. The molecule has 0 spiro atoms. The van der Waals surface area contributed by atoms with E-state index in [9.17, 15) is 13.2 Å². The van der Waals surface area contributed by atoms with Crippen LogP contribution in [-0.2, 0) is 6.18 Å². The first-order chi connectivity index (χ1) is 7.40. The van der Waals surface area contributed by atoms with E-state index in [1.165, 1.54) is 4.68 Å². The highest BCUT2D eigenvalue weighted by Crippen LogP contribution is 2.30. The summed E-state index contributed by atoms with van der Waals surface area (Å²) in [5.74, 6) is 0. The smallest absolute Gasteiger partial charge is 0.330 e. The van der Waals surface area contributed by atoms with Gasteiger partial charge in [-0.3, -0.25) is 4.68 Å². The van der Waals surface area contributed by atoms with Crippen LogP contribution in [0.15, 0.2) is 6.07 Å². The highest BCUT2D eigenvalue weighted by molar-refractivity contribution is 5.12. The summed E-state index contributed by atoms with van der Waals surface area (Å²) >= 11 is 0. The molecule has 0 radical (unpaired) electrons. The summed E-state index contributed by atoms with van der Waals surface area (Å²) in [6.45, 7) is 3.98. The van der Waals surface area contributed by atoms with E-state index in [2.05, 4.69) is 5.10 Å². The number of nitrogens with zero attached hydrogens (tertiary/aromatic N) is 2. The van der Waals surface area contributed by atoms with Crippen molar-refractivity contribution in [2.75, 3.05) is 6.54 Å². The van der Waals surface area contributed by atoms with E-state index in [1.807, 2.05) is 6.92 Å². The van der Waals surface area contributed by atoms with Crippen molar-refractivity contribution in [2.24, 2.45) is 5.73 Å². The molecule has 6 heteroatoms. The van der Waals surface area contributed by atoms with Crippen molar-refractivity contribution in [1.82, 2.24) is 9.78 Å². The lowest BCUT2D eigenvalue weighted by Crippen LogP contribution is -2.16. The Morgan fingerprint density at radius 1 is 1.50 bits per heavy atom. The number of rotatable bonds is 4. The normalized spacial score (nSPS) is 14.1. The molecule has 0 unspecified atom stereocenters. The zero-order valence-electron chi connectivity index (χ0n) is 9.38. The molecular weight excluding hydrogens is 219 g/mol. The van der Waals surface area contributed by atoms with E-state index >= 15 is 0 Å². The lowest BCUT2D eigenvalue weighted by molar-refractivity contribution is -0.141. The molecule has 16 heavy (non-hydrogen) atoms. The predicted octanol–water partition coefficient (Wildman–Crippen LogP) is 2.51. The molecular formula is C10H16F3N3. The number of hydrogen-bond acceptors (Lipinski definition) is 2. The molecule has 0 fully saturated rings. The van der Waals surface area contributed by atoms with E-state index in [-0.39, 0.29) is 6.04 Å². The Morgan fingerprint density at radius 3 is 2.50 bits per heavy atom. The minimum absolute atomic E-state index is 0.0545. The van der Waals surface area contributed by atoms with Gasteiger partial charge in [-0.1, -0.05) is 6.92 Å². The summed E-state index contributed by atoms with van der Waals surface area (Å²) in [5.41, 5.74) is 5.11. The fourth-order valence-electron chi connectivity index (χ4n) is 1.69. The minimum Gasteiger partial charge on any atom is -0.330 e. The molecule has 0 amide bonds. The third kappa shape index (κ3) is 2.75. The third-order valence-electron chi connectivity index (χ3n) is 2.53. The number of aryl methyl sites for hydroxylation is 1. The fourth-order valence-corrected chi connectivity index (χ4v) is 1.69. The first kappa shape index (κ1) is 13.0. The van der Waals surface area contributed by atoms with Crippen LogP contribution >= 0.6 is 0 Å². The largest absolute Gasteiger partial charge is 0.435 e. The Labute approximate surface area is 92.4 Å². The summed E-state index contributed by atoms with van der Waals surface area (Å²) < 4.78 is 38.7. The lowest BCUT2D eigenvalue weighted by Gasteiger charge is -2.16. The second kappa shape index (κ2) is 4.86. The van der Waals surface area contributed by atoms with Gasteiger partial charge in [0.2, 0.25) is 0 Å². The van der Waals surface area contributed by atoms with Gasteiger partial charge in [-0.25, -0.2) is 0 Å². The summed E-state index contributed by atoms with van der Waals surface area (Å²) in [6.07, 6.45) is -3.02. The van der Waals surface area contributed by atoms with Crippen molar-refractivity contribution in [3.63, 3.8) is 0 Å². The second-order valence-corrected chi connectivity index (χ2v) is 3.75. The fraction of sp³-hybridized carbons (Fsp3) is 0.700. The second-order valence-electron chi connectivity index (χ2n) is 3.75. The predicted molar refractivity (Wildman–Crippen MR) is 55.0 cm³/mol. The van der Waals surface area contributed by atoms with Gasteiger partial charge in [0.15, 0.2) is 5.69 Å². The average Bonchev–Trinajstić information content (AvgIpc) is 2.56. The topological polar surface area (TPSA) is 43.8 Å². The first-order valence-electron chi connectivity index (χ1n) is 5.23. The Morgan fingerprint density at radius 2 is 2.12 bits per heavy atom. The van der Waals surface area contributed by atoms with Crippen LogP contribution in [0.2, 0.25) is 0 Å². The van der Waals surface area contributed by atoms with E-state index in [0.717, 1.165) is 12.5 Å². The zero-order valence-corrected chi connectivity index (χ0v) is 9.38. The molecule has 1 heterocycles. The molecule has 0 aromatic carbocycles. The number of alkyl halides is 3. The number of hydrogen-bond donors (Lipinski definition) is 1. The molecule has 0 saturated heterocycles. The van der Waals surface area contributed by atoms with E-state index in [0.29, 0.717) is 18.7 Å². The van der Waals surface area contributed by atoms with Gasteiger partial charge in [-0.2, -0.15) is 18.3 Å². The summed E-state index contributed by atoms with van der Waals surface area (Å²) in [5, 5.41) is 3.61. The van der Waals surface area contributed by atoms with Crippen molar-refractivity contribution >= 4 is 0 Å². The average molecular weight is 235 g/mol. The highest BCUT2D eigenvalue weighted by atomic mass is 19.4. The minimum atomic E-state index is -4.38. The summed E-state index contributed by atoms with van der Waals surface area (Å²) in [6, 6.07) is 1.01. The number of halogens is 3. The monoisotopic (exact) mass is 235 g/mol. The van der Waals surface area contributed by atoms with Gasteiger partial charge < -0.3 is 5.73 Å². The van der Waals surface area contributed by atoms with Crippen molar-refractivity contribution < 1.29 is 13.2 Å². The van der Waals surface area contributed by atoms with Gasteiger partial charge in [0, 0.05) is 5.69 Å². The molecule has 0 aliphatic heterocycles. The van der Waals surface area contributed by atoms with Crippen LogP contribution in [-0.4, -0.2) is 16.3 Å². The van der Waals surface area contributed by atoms with E-state index < -0.39 is 11.9 Å². The van der Waals surface area contributed by atoms with Crippen molar-refractivity contribution in [1.29, 1.82) is 0 Å². The molecule has 1 aromatic rings. The Hall–Kier alpha value is -1.04. The standard InChI is InChI=1S/C10H16F3N3/c1-3-8(4-5-14)16-7(2)6-9(15-16)10(11,12)13/h6,8H,3-5,14H2,1-2H3/t8-/m0/s1. The van der Waals surface area contributed by atoms with Crippen LogP contribution in [0.25, 0.3) is 0 Å². The van der Waals surface area contributed by atoms with Gasteiger partial charge in [0.1, 0.15) is 0 Å². The summed E-state index contributed by atoms with van der Waals surface area (Å²) in [7, 11) is 0. The lowest BCUT2D eigenvalue weighted by atomic mass is 10.1. The van der Waals surface area contributed by atoms with E-state index in [4.69, 9.17) is 5.73 Å². The van der Waals surface area contributed by atoms with Gasteiger partial charge in [0.05, 0.1) is 6.04 Å². The molecule has 0 aliphatic rings. The SMILES string of the molecule is CC[C@@H](CCN)n1nc(C(F)(F)F)cc1C. The molecule has 3 nitrogen and oxygen atoms in total. The van der Waals surface area contributed by atoms with Crippen LogP contribution in [0.1, 0.15) is 37.2 Å². The van der Waals surface area contributed by atoms with Gasteiger partial charge in [-0.15, -0.1) is 0 Å². The molecule has 1 atom stereocenters. The molecule has 0 aliphatic carbocycles. The zero-order chi connectivity index (χ0) is 12.3. The number of nitrogens with two attached hydrogens (primary N) is 1. The molecule has 1 rings (SSSR count). The maximum Gasteiger partial charge on any atom is 0.435 e. The molecule has 0 bridgehead atoms. The van der Waals surface area contributed by atoms with Crippen molar-refractivity contribution in [2.45, 2.75) is 38.9 Å². The van der Waals surface area contributed by atoms with Crippen LogP contribution in [0, 0.1) is 6.92 Å². The summed E-state index contributed by atoms with van der Waals surface area (Å²) in [4.78, 5) is 0. The Bertz CT molecular complexity index is 344. The van der Waals surface area contributed by atoms with Crippen LogP contribution in [0.3, 0.4) is 0 Å². The molecule has 1 aromatic heterocycles. The van der Waals surface area contributed by atoms with Gasteiger partial charge >= 0.3 is 6.18 Å². The van der Waals surface area contributed by atoms with Crippen LogP contribution in [0.4, 0.5) is 13.2 Å². The van der Waals surface area contributed by atoms with Crippen LogP contribution in [0.5, 0.6) is 0 Å². The van der Waals surface area contributed by atoms with E-state index in [1.54, 1.807) is 6.92 Å². The Kier molecular flexibility index (Phi) is 3.96. The van der Waals surface area contributed by atoms with Crippen molar-refractivity contribution in [3.05, 3.63) is 17.5 Å². The van der Waals surface area contributed by atoms with Gasteiger partial charge in [-0.05, 0) is 32.4 Å².